The van der Waals surface area contributed by atoms with Gasteiger partial charge in [-0.15, -0.1) is 11.3 Å². The highest BCUT2D eigenvalue weighted by molar-refractivity contribution is 7.09. The average Bonchev–Trinajstić information content (AvgIpc) is 2.90. The Morgan fingerprint density at radius 2 is 2.17 bits per heavy atom. The van der Waals surface area contributed by atoms with Gasteiger partial charge in [-0.25, -0.2) is 4.98 Å². The maximum absolute atomic E-state index is 10.9. The molecule has 3 N–H and O–H groups in total. The first-order chi connectivity index (χ1) is 8.66. The zero-order valence-electron chi connectivity index (χ0n) is 10.1. The van der Waals surface area contributed by atoms with E-state index in [4.69, 9.17) is 5.73 Å². The Balaban J connectivity index is 1.92. The third-order valence-corrected chi connectivity index (χ3v) is 3.63. The smallest absolute Gasteiger partial charge is 0.248 e. The number of hydrogen-bond donors (Lipinski definition) is 2. The third kappa shape index (κ3) is 3.15. The van der Waals surface area contributed by atoms with E-state index in [2.05, 4.69) is 17.2 Å². The molecule has 0 aliphatic rings. The molecular formula is C13H15N3OS. The number of hydrogen-bond acceptors (Lipinski definition) is 4. The summed E-state index contributed by atoms with van der Waals surface area (Å²) >= 11 is 1.64. The Hall–Kier alpha value is -1.72. The lowest BCUT2D eigenvalue weighted by atomic mass is 10.1. The number of carbonyl (C=O) groups is 1. The zero-order valence-corrected chi connectivity index (χ0v) is 10.9. The minimum absolute atomic E-state index is 0.223. The van der Waals surface area contributed by atoms with Crippen molar-refractivity contribution in [2.75, 3.05) is 0 Å². The summed E-state index contributed by atoms with van der Waals surface area (Å²) in [5.41, 5.74) is 6.84. The van der Waals surface area contributed by atoms with Gasteiger partial charge in [-0.05, 0) is 24.6 Å². The van der Waals surface area contributed by atoms with Gasteiger partial charge in [0.05, 0.1) is 6.04 Å². The molecule has 1 heterocycles. The molecule has 5 heteroatoms. The number of carbonyl (C=O) groups excluding carboxylic acids is 1. The van der Waals surface area contributed by atoms with Crippen molar-refractivity contribution < 1.29 is 4.79 Å². The minimum atomic E-state index is -0.398. The summed E-state index contributed by atoms with van der Waals surface area (Å²) in [4.78, 5) is 15.2. The molecule has 1 aromatic carbocycles. The van der Waals surface area contributed by atoms with E-state index in [9.17, 15) is 4.79 Å². The summed E-state index contributed by atoms with van der Waals surface area (Å²) in [5, 5.41) is 6.42. The van der Waals surface area contributed by atoms with Crippen LogP contribution in [0.3, 0.4) is 0 Å². The molecule has 1 unspecified atom stereocenters. The van der Waals surface area contributed by atoms with Gasteiger partial charge in [-0.3, -0.25) is 4.79 Å². The van der Waals surface area contributed by atoms with E-state index in [1.807, 2.05) is 17.5 Å². The molecule has 0 aliphatic carbocycles. The number of rotatable bonds is 5. The number of thiazole rings is 1. The van der Waals surface area contributed by atoms with Crippen molar-refractivity contribution in [3.8, 4) is 0 Å². The Labute approximate surface area is 110 Å². The van der Waals surface area contributed by atoms with Gasteiger partial charge in [-0.1, -0.05) is 12.1 Å². The molecule has 94 valence electrons. The first-order valence-electron chi connectivity index (χ1n) is 5.68. The molecular weight excluding hydrogens is 246 g/mol. The normalized spacial score (nSPS) is 12.3. The van der Waals surface area contributed by atoms with Crippen molar-refractivity contribution >= 4 is 17.2 Å². The van der Waals surface area contributed by atoms with E-state index in [0.717, 1.165) is 17.1 Å². The largest absolute Gasteiger partial charge is 0.366 e. The highest BCUT2D eigenvalue weighted by atomic mass is 32.1. The number of nitrogens with one attached hydrogen (secondary N) is 1. The maximum atomic E-state index is 10.9. The first-order valence-corrected chi connectivity index (χ1v) is 6.56. The van der Waals surface area contributed by atoms with E-state index in [0.29, 0.717) is 5.56 Å². The predicted octanol–water partition coefficient (Wildman–Crippen LogP) is 2.09. The van der Waals surface area contributed by atoms with Crippen molar-refractivity contribution in [2.24, 2.45) is 5.73 Å². The molecule has 0 saturated carbocycles. The Bertz CT molecular complexity index is 508. The third-order valence-electron chi connectivity index (χ3n) is 2.67. The van der Waals surface area contributed by atoms with Crippen LogP contribution in [-0.2, 0) is 6.54 Å². The summed E-state index contributed by atoms with van der Waals surface area (Å²) in [5.74, 6) is -0.398. The van der Waals surface area contributed by atoms with Crippen LogP contribution in [-0.4, -0.2) is 10.9 Å². The fourth-order valence-electron chi connectivity index (χ4n) is 1.59. The molecule has 0 saturated heterocycles. The number of amides is 1. The lowest BCUT2D eigenvalue weighted by Crippen LogP contribution is -2.18. The second-order valence-electron chi connectivity index (χ2n) is 4.03. The highest BCUT2D eigenvalue weighted by Crippen LogP contribution is 2.15. The van der Waals surface area contributed by atoms with Gasteiger partial charge in [0.2, 0.25) is 5.91 Å². The molecule has 0 aliphatic heterocycles. The average molecular weight is 261 g/mol. The Morgan fingerprint density at radius 3 is 2.72 bits per heavy atom. The molecule has 0 bridgehead atoms. The van der Waals surface area contributed by atoms with Crippen LogP contribution in [0.15, 0.2) is 35.8 Å². The molecule has 4 nitrogen and oxygen atoms in total. The van der Waals surface area contributed by atoms with Gasteiger partial charge < -0.3 is 11.1 Å². The van der Waals surface area contributed by atoms with E-state index in [1.54, 1.807) is 29.7 Å². The van der Waals surface area contributed by atoms with Crippen LogP contribution < -0.4 is 11.1 Å². The van der Waals surface area contributed by atoms with Crippen LogP contribution in [0.25, 0.3) is 0 Å². The molecule has 0 fully saturated rings. The van der Waals surface area contributed by atoms with Crippen molar-refractivity contribution in [3.05, 3.63) is 52.0 Å². The van der Waals surface area contributed by atoms with Gasteiger partial charge in [0.25, 0.3) is 0 Å². The minimum Gasteiger partial charge on any atom is -0.366 e. The molecule has 0 radical (unpaired) electrons. The highest BCUT2D eigenvalue weighted by Gasteiger charge is 2.07. The van der Waals surface area contributed by atoms with Crippen molar-refractivity contribution in [2.45, 2.75) is 19.5 Å². The zero-order chi connectivity index (χ0) is 13.0. The molecule has 18 heavy (non-hydrogen) atoms. The monoisotopic (exact) mass is 261 g/mol. The van der Waals surface area contributed by atoms with Gasteiger partial charge >= 0.3 is 0 Å². The summed E-state index contributed by atoms with van der Waals surface area (Å²) in [6, 6.07) is 7.52. The molecule has 2 rings (SSSR count). The summed E-state index contributed by atoms with van der Waals surface area (Å²) in [6.07, 6.45) is 1.81. The first kappa shape index (κ1) is 12.7. The lowest BCUT2D eigenvalue weighted by molar-refractivity contribution is 0.100. The number of aromatic nitrogens is 1. The second kappa shape index (κ2) is 5.75. The van der Waals surface area contributed by atoms with Gasteiger partial charge in [0.15, 0.2) is 0 Å². The van der Waals surface area contributed by atoms with Crippen LogP contribution in [0.4, 0.5) is 0 Å². The van der Waals surface area contributed by atoms with Gasteiger partial charge in [0.1, 0.15) is 5.01 Å². The Morgan fingerprint density at radius 1 is 1.44 bits per heavy atom. The van der Waals surface area contributed by atoms with Gasteiger partial charge in [0, 0.05) is 23.7 Å². The van der Waals surface area contributed by atoms with E-state index >= 15 is 0 Å². The Kier molecular flexibility index (Phi) is 4.07. The number of nitrogens with two attached hydrogens (primary N) is 1. The predicted molar refractivity (Wildman–Crippen MR) is 72.3 cm³/mol. The van der Waals surface area contributed by atoms with Crippen molar-refractivity contribution in [1.82, 2.24) is 10.3 Å². The molecule has 2 aromatic rings. The summed E-state index contributed by atoms with van der Waals surface area (Å²) in [6.45, 7) is 2.82. The second-order valence-corrected chi connectivity index (χ2v) is 4.96. The molecule has 0 spiro atoms. The van der Waals surface area contributed by atoms with E-state index < -0.39 is 5.91 Å². The summed E-state index contributed by atoms with van der Waals surface area (Å²) < 4.78 is 0. The fraction of sp³-hybridized carbons (Fsp3) is 0.231. The lowest BCUT2D eigenvalue weighted by Gasteiger charge is -2.11. The SMILES string of the molecule is CC(NCc1ccc(C(N)=O)cc1)c1nccs1. The van der Waals surface area contributed by atoms with Crippen molar-refractivity contribution in [1.29, 1.82) is 0 Å². The maximum Gasteiger partial charge on any atom is 0.248 e. The standard InChI is InChI=1S/C13H15N3OS/c1-9(13-15-6-7-18-13)16-8-10-2-4-11(5-3-10)12(14)17/h2-7,9,16H,8H2,1H3,(H2,14,17). The van der Waals surface area contributed by atoms with Crippen LogP contribution in [0.5, 0.6) is 0 Å². The van der Waals surface area contributed by atoms with Crippen LogP contribution in [0.2, 0.25) is 0 Å². The van der Waals surface area contributed by atoms with E-state index in [-0.39, 0.29) is 6.04 Å². The van der Waals surface area contributed by atoms with Gasteiger partial charge in [-0.2, -0.15) is 0 Å². The van der Waals surface area contributed by atoms with E-state index in [1.165, 1.54) is 0 Å². The fourth-order valence-corrected chi connectivity index (χ4v) is 2.26. The van der Waals surface area contributed by atoms with Crippen LogP contribution >= 0.6 is 11.3 Å². The molecule has 1 atom stereocenters. The van der Waals surface area contributed by atoms with Crippen LogP contribution in [0, 0.1) is 0 Å². The number of primary amides is 1. The van der Waals surface area contributed by atoms with Crippen LogP contribution in [0.1, 0.15) is 33.9 Å². The van der Waals surface area contributed by atoms with Crippen molar-refractivity contribution in [3.63, 3.8) is 0 Å². The quantitative estimate of drug-likeness (QED) is 0.866. The summed E-state index contributed by atoms with van der Waals surface area (Å²) in [7, 11) is 0. The molecule has 1 amide bonds. The number of nitrogens with zero attached hydrogens (tertiary/aromatic N) is 1. The molecule has 1 aromatic heterocycles. The number of benzene rings is 1. The topological polar surface area (TPSA) is 68.0 Å².